The van der Waals surface area contributed by atoms with Crippen LogP contribution in [-0.4, -0.2) is 38.7 Å². The van der Waals surface area contributed by atoms with E-state index in [-0.39, 0.29) is 28.9 Å². The molecule has 0 radical (unpaired) electrons. The van der Waals surface area contributed by atoms with Crippen LogP contribution < -0.4 is 16.7 Å². The van der Waals surface area contributed by atoms with Crippen molar-refractivity contribution in [2.24, 2.45) is 14.1 Å². The molecule has 0 spiro atoms. The first-order valence-electron chi connectivity index (χ1n) is 10.6. The third-order valence-electron chi connectivity index (χ3n) is 5.39. The third kappa shape index (κ3) is 4.47. The average molecular weight is 514 g/mol. The highest BCUT2D eigenvalue weighted by atomic mass is 35.5. The quantitative estimate of drug-likeness (QED) is 0.370. The molecule has 3 heterocycles. The van der Waals surface area contributed by atoms with Gasteiger partial charge in [-0.15, -0.1) is 0 Å². The third-order valence-corrected chi connectivity index (χ3v) is 5.70. The predicted octanol–water partition coefficient (Wildman–Crippen LogP) is 2.19. The van der Waals surface area contributed by atoms with Gasteiger partial charge in [-0.3, -0.25) is 13.9 Å². The van der Waals surface area contributed by atoms with Gasteiger partial charge in [0.25, 0.3) is 0 Å². The predicted molar refractivity (Wildman–Crippen MR) is 127 cm³/mol. The minimum atomic E-state index is -0.885. The van der Waals surface area contributed by atoms with Gasteiger partial charge in [0.05, 0.1) is 29.3 Å². The Morgan fingerprint density at radius 3 is 2.56 bits per heavy atom. The molecule has 0 fully saturated rings. The van der Waals surface area contributed by atoms with Gasteiger partial charge in [0.15, 0.2) is 5.82 Å². The van der Waals surface area contributed by atoms with Crippen molar-refractivity contribution >= 4 is 34.1 Å². The van der Waals surface area contributed by atoms with E-state index in [4.69, 9.17) is 11.6 Å². The number of fused-ring (bicyclic) bond motifs is 1. The first kappa shape index (κ1) is 23.4. The summed E-state index contributed by atoms with van der Waals surface area (Å²) in [6, 6.07) is 6.18. The minimum absolute atomic E-state index is 0.114. The number of benzene rings is 2. The highest BCUT2D eigenvalue weighted by Crippen LogP contribution is 2.29. The van der Waals surface area contributed by atoms with Crippen LogP contribution in [0.4, 0.5) is 20.4 Å². The van der Waals surface area contributed by atoms with Crippen LogP contribution in [0.3, 0.4) is 0 Å². The van der Waals surface area contributed by atoms with Crippen molar-refractivity contribution in [3.05, 3.63) is 91.9 Å². The molecule has 2 aromatic carbocycles. The number of rotatable bonds is 6. The molecule has 0 saturated heterocycles. The summed E-state index contributed by atoms with van der Waals surface area (Å²) in [5.74, 6) is -1.41. The molecular formula is C22H18ClF2N9O2. The number of nitrogens with one attached hydrogen (secondary N) is 1. The first-order chi connectivity index (χ1) is 17.2. The Morgan fingerprint density at radius 1 is 1.00 bits per heavy atom. The second kappa shape index (κ2) is 9.00. The highest BCUT2D eigenvalue weighted by Gasteiger charge is 2.18. The summed E-state index contributed by atoms with van der Waals surface area (Å²) in [5, 5.41) is 12.2. The monoisotopic (exact) mass is 513 g/mol. The van der Waals surface area contributed by atoms with Crippen LogP contribution in [0.5, 0.6) is 0 Å². The molecule has 5 aromatic rings. The number of aromatic nitrogens is 8. The van der Waals surface area contributed by atoms with E-state index in [1.807, 2.05) is 0 Å². The average Bonchev–Trinajstić information content (AvgIpc) is 3.39. The molecule has 0 atom stereocenters. The van der Waals surface area contributed by atoms with Gasteiger partial charge in [-0.05, 0) is 30.3 Å². The molecule has 14 heteroatoms. The Hall–Kier alpha value is -4.39. The molecule has 0 aliphatic heterocycles. The van der Waals surface area contributed by atoms with Crippen LogP contribution in [0.2, 0.25) is 5.02 Å². The fourth-order valence-electron chi connectivity index (χ4n) is 3.72. The molecule has 1 N–H and O–H groups in total. The molecule has 0 aliphatic carbocycles. The van der Waals surface area contributed by atoms with E-state index in [1.54, 1.807) is 37.1 Å². The van der Waals surface area contributed by atoms with E-state index in [9.17, 15) is 18.4 Å². The lowest BCUT2D eigenvalue weighted by Crippen LogP contribution is -2.43. The van der Waals surface area contributed by atoms with E-state index in [0.717, 1.165) is 32.7 Å². The smallest absolute Gasteiger partial charge is 0.324 e. The number of hydrogen-bond acceptors (Lipinski definition) is 7. The van der Waals surface area contributed by atoms with Crippen molar-refractivity contribution in [2.75, 3.05) is 5.32 Å². The fraction of sp³-hybridized carbons (Fsp3) is 0.182. The van der Waals surface area contributed by atoms with Crippen molar-refractivity contribution in [2.45, 2.75) is 13.1 Å². The van der Waals surface area contributed by atoms with Gasteiger partial charge < -0.3 is 5.32 Å². The van der Waals surface area contributed by atoms with Gasteiger partial charge in [0.1, 0.15) is 18.0 Å². The summed E-state index contributed by atoms with van der Waals surface area (Å²) < 4.78 is 33.2. The molecule has 5 rings (SSSR count). The number of hydrogen-bond donors (Lipinski definition) is 1. The van der Waals surface area contributed by atoms with Crippen LogP contribution in [0.25, 0.3) is 10.9 Å². The van der Waals surface area contributed by atoms with E-state index >= 15 is 0 Å². The zero-order valence-electron chi connectivity index (χ0n) is 19.0. The second-order valence-corrected chi connectivity index (χ2v) is 8.47. The number of anilines is 2. The normalized spacial score (nSPS) is 11.4. The first-order valence-corrected chi connectivity index (χ1v) is 11.0. The van der Waals surface area contributed by atoms with Crippen LogP contribution in [0.15, 0.2) is 52.4 Å². The Bertz CT molecular complexity index is 1740. The van der Waals surface area contributed by atoms with Crippen LogP contribution in [-0.2, 0) is 27.2 Å². The van der Waals surface area contributed by atoms with E-state index in [0.29, 0.717) is 11.2 Å². The lowest BCUT2D eigenvalue weighted by Gasteiger charge is -2.16. The number of nitrogens with zero attached hydrogens (tertiary/aromatic N) is 8. The van der Waals surface area contributed by atoms with Crippen LogP contribution >= 0.6 is 11.6 Å². The van der Waals surface area contributed by atoms with E-state index in [1.165, 1.54) is 11.0 Å². The van der Waals surface area contributed by atoms with Crippen molar-refractivity contribution in [1.82, 2.24) is 38.7 Å². The molecule has 0 bridgehead atoms. The summed E-state index contributed by atoms with van der Waals surface area (Å²) in [6.07, 6.45) is 3.18. The number of halogens is 3. The Balaban J connectivity index is 1.64. The summed E-state index contributed by atoms with van der Waals surface area (Å²) in [6.45, 7) is -0.680. The standard InChI is InChI=1S/C22H18ClF2N9O2/c1-31-8-13-6-18(15(23)7-17(13)29-31)27-20-28-21(35)34(10-19-26-11-32(2)30-19)22(36)33(20)9-12-5-14(24)3-4-16(12)25/h3-8,11H,9-10H2,1-2H3,(H,27,28,35). The maximum atomic E-state index is 14.5. The molecule has 0 saturated carbocycles. The Labute approximate surface area is 206 Å². The zero-order valence-corrected chi connectivity index (χ0v) is 19.7. The van der Waals surface area contributed by atoms with Crippen molar-refractivity contribution in [3.63, 3.8) is 0 Å². The molecule has 3 aromatic heterocycles. The highest BCUT2D eigenvalue weighted by molar-refractivity contribution is 6.34. The lowest BCUT2D eigenvalue weighted by molar-refractivity contribution is 0.546. The van der Waals surface area contributed by atoms with Gasteiger partial charge in [-0.1, -0.05) is 11.6 Å². The van der Waals surface area contributed by atoms with E-state index < -0.39 is 29.6 Å². The summed E-state index contributed by atoms with van der Waals surface area (Å²) in [7, 11) is 3.39. The zero-order chi connectivity index (χ0) is 25.6. The van der Waals surface area contributed by atoms with Crippen molar-refractivity contribution < 1.29 is 8.78 Å². The Kier molecular flexibility index (Phi) is 5.84. The molecule has 184 valence electrons. The SMILES string of the molecule is Cn1cnc(Cn2c(=O)nc(Nc3cc4cn(C)nc4cc3Cl)n(Cc3cc(F)ccc3F)c2=O)n1. The Morgan fingerprint density at radius 2 is 1.81 bits per heavy atom. The second-order valence-electron chi connectivity index (χ2n) is 8.06. The summed E-state index contributed by atoms with van der Waals surface area (Å²) in [5.41, 5.74) is -0.854. The van der Waals surface area contributed by atoms with Gasteiger partial charge in [-0.25, -0.2) is 27.9 Å². The van der Waals surface area contributed by atoms with Crippen LogP contribution in [0.1, 0.15) is 11.4 Å². The topological polar surface area (TPSA) is 117 Å². The number of aryl methyl sites for hydroxylation is 2. The summed E-state index contributed by atoms with van der Waals surface area (Å²) >= 11 is 6.40. The fourth-order valence-corrected chi connectivity index (χ4v) is 3.93. The largest absolute Gasteiger partial charge is 0.355 e. The lowest BCUT2D eigenvalue weighted by atomic mass is 10.2. The molecule has 0 aliphatic rings. The van der Waals surface area contributed by atoms with Gasteiger partial charge in [0.2, 0.25) is 5.95 Å². The maximum absolute atomic E-state index is 14.5. The molecule has 11 nitrogen and oxygen atoms in total. The van der Waals surface area contributed by atoms with Gasteiger partial charge in [-0.2, -0.15) is 15.2 Å². The molecule has 0 unspecified atom stereocenters. The van der Waals surface area contributed by atoms with Crippen molar-refractivity contribution in [1.29, 1.82) is 0 Å². The molecule has 0 amide bonds. The van der Waals surface area contributed by atoms with Crippen LogP contribution in [0, 0.1) is 11.6 Å². The van der Waals surface area contributed by atoms with Crippen molar-refractivity contribution in [3.8, 4) is 0 Å². The van der Waals surface area contributed by atoms with E-state index in [2.05, 4.69) is 25.5 Å². The molecule has 36 heavy (non-hydrogen) atoms. The van der Waals surface area contributed by atoms with Gasteiger partial charge in [0, 0.05) is 31.2 Å². The molecular weight excluding hydrogens is 496 g/mol. The minimum Gasteiger partial charge on any atom is -0.324 e. The maximum Gasteiger partial charge on any atom is 0.355 e. The summed E-state index contributed by atoms with van der Waals surface area (Å²) in [4.78, 5) is 34.3. The van der Waals surface area contributed by atoms with Gasteiger partial charge >= 0.3 is 11.4 Å².